The molecule has 2 aromatic carbocycles. The maximum Gasteiger partial charge on any atom is 0.407 e. The number of anilines is 1. The van der Waals surface area contributed by atoms with E-state index in [0.29, 0.717) is 117 Å². The molecule has 0 radical (unpaired) electrons. The predicted molar refractivity (Wildman–Crippen MR) is 481 cm³/mol. The van der Waals surface area contributed by atoms with E-state index in [1.54, 1.807) is 25.7 Å². The molecule has 728 valence electrons. The number of aliphatic hydroxyl groups excluding tert-OH is 1. The van der Waals surface area contributed by atoms with E-state index in [1.807, 2.05) is 67.1 Å². The Bertz CT molecular complexity index is 4480. The fourth-order valence-electron chi connectivity index (χ4n) is 19.5. The molecule has 4 fully saturated rings. The van der Waals surface area contributed by atoms with Crippen LogP contribution >= 0.6 is 0 Å². The summed E-state index contributed by atoms with van der Waals surface area (Å²) in [7, 11) is 0. The van der Waals surface area contributed by atoms with E-state index in [4.69, 9.17) is 57.8 Å². The minimum absolute atomic E-state index is 0.00489. The number of allylic oxidation sites excluding steroid dienone is 4. The van der Waals surface area contributed by atoms with Gasteiger partial charge in [0.2, 0.25) is 23.6 Å². The first-order chi connectivity index (χ1) is 63.6. The number of benzene rings is 2. The van der Waals surface area contributed by atoms with E-state index in [2.05, 4.69) is 48.7 Å². The number of halogens is 2. The number of hydrogen-bond acceptors (Lipinski definition) is 25. The highest BCUT2D eigenvalue weighted by Gasteiger charge is 2.80. The Balaban J connectivity index is 0.691. The molecule has 2 unspecified atom stereocenters. The van der Waals surface area contributed by atoms with Crippen molar-refractivity contribution in [1.82, 2.24) is 41.6 Å². The van der Waals surface area contributed by atoms with Gasteiger partial charge in [-0.25, -0.2) is 23.1 Å². The fourth-order valence-corrected chi connectivity index (χ4v) is 19.5. The number of alkyl carbamates (subject to hydrolysis) is 1. The standard InChI is InChI=1S/C97H138F2N10O23/c1-7-20-87-131-84-60-74-75-59-77(98)76-58-72(111)34-36-94(76,5)96(75,99)82(114)61-95(74,6)97(84,132-87)83(115)62-104-90(118)69(25-18-39-102-92(100)120)57-80(113)88(65(3)4)105-91(119)68(23-16-17-38-101-85(116)64-130-81-29-11-9-10-28-79-89(81)106-107-109(79)40-43-124-46-49-127-52-53-128-54-55-129-93(121)103-37-8-2)56-73(112)35-42-123-45-48-126-51-50-125-47-44-122-41-19-26-71(110)32-33-86(117)108-63-70-24-13-12-21-66(70)30-31-67-22-14-15-27-78(67)108/h12-15,21-22,24,27,34,36,58,65,68-69,74-75,77,81-82,84,87-88,114H,7-11,16-20,23,25-26,28-29,32-33,35,37-57,59-64H2,1-6H3,(H,101,116)(H,103,121)(H,104,118)(H,105,119)(H3,100,102,120)/t68-,69+,74-,75-,77-,81?,82-,84+,87?,88-,94-,95-,96-,97+/m0/s1. The zero-order valence-electron chi connectivity index (χ0n) is 77.6. The number of aliphatic hydroxyl groups is 1. The van der Waals surface area contributed by atoms with Crippen molar-refractivity contribution >= 4 is 70.4 Å². The number of ether oxygens (including phenoxy) is 11. The first-order valence-electron chi connectivity index (χ1n) is 47.4. The molecule has 10 rings (SSSR count). The number of fused-ring (bicyclic) bond motifs is 10. The zero-order chi connectivity index (χ0) is 94.6. The molecular formula is C97H138F2N10O23. The van der Waals surface area contributed by atoms with Crippen LogP contribution in [-0.2, 0) is 115 Å². The van der Waals surface area contributed by atoms with E-state index >= 15 is 13.6 Å². The molecular weight excluding hydrogens is 1710 g/mol. The van der Waals surface area contributed by atoms with Crippen molar-refractivity contribution in [2.24, 2.45) is 46.2 Å². The molecule has 7 aliphatic rings. The molecule has 3 aromatic rings. The third-order valence-electron chi connectivity index (χ3n) is 26.4. The number of ketones is 5. The van der Waals surface area contributed by atoms with Crippen molar-refractivity contribution in [1.29, 1.82) is 0 Å². The van der Waals surface area contributed by atoms with Gasteiger partial charge in [0.1, 0.15) is 42.7 Å². The second-order valence-corrected chi connectivity index (χ2v) is 35.9. The molecule has 33 nitrogen and oxygen atoms in total. The van der Waals surface area contributed by atoms with Crippen molar-refractivity contribution in [3.8, 4) is 11.8 Å². The van der Waals surface area contributed by atoms with Crippen LogP contribution in [0.2, 0.25) is 0 Å². The maximum absolute atomic E-state index is 18.3. The lowest BCUT2D eigenvalue weighted by atomic mass is 9.44. The number of aromatic nitrogens is 3. The van der Waals surface area contributed by atoms with Gasteiger partial charge in [0, 0.05) is 104 Å². The molecule has 3 heterocycles. The second-order valence-electron chi connectivity index (χ2n) is 35.9. The summed E-state index contributed by atoms with van der Waals surface area (Å²) in [5.74, 6) is -2.03. The van der Waals surface area contributed by atoms with Crippen LogP contribution in [0.25, 0.3) is 0 Å². The highest BCUT2D eigenvalue weighted by atomic mass is 19.1. The number of unbranched alkanes of at least 4 members (excludes halogenated alkanes) is 1. The van der Waals surface area contributed by atoms with Gasteiger partial charge >= 0.3 is 12.1 Å². The molecule has 1 saturated heterocycles. The minimum Gasteiger partial charge on any atom is -0.447 e. The van der Waals surface area contributed by atoms with Gasteiger partial charge in [-0.05, 0) is 144 Å². The van der Waals surface area contributed by atoms with Crippen molar-refractivity contribution in [2.45, 2.75) is 250 Å². The van der Waals surface area contributed by atoms with Gasteiger partial charge < -0.3 is 94.4 Å². The first kappa shape index (κ1) is 105. The average molecular weight is 1850 g/mol. The summed E-state index contributed by atoms with van der Waals surface area (Å²) in [6.45, 7) is 15.1. The van der Waals surface area contributed by atoms with Crippen LogP contribution in [-0.4, -0.2) is 259 Å². The third kappa shape index (κ3) is 28.5. The van der Waals surface area contributed by atoms with Crippen molar-refractivity contribution in [3.05, 3.63) is 100 Å². The maximum atomic E-state index is 18.3. The molecule has 3 saturated carbocycles. The summed E-state index contributed by atoms with van der Waals surface area (Å²) < 4.78 is 101. The van der Waals surface area contributed by atoms with Crippen LogP contribution in [0.15, 0.2) is 72.3 Å². The molecule has 14 atom stereocenters. The molecule has 0 bridgehead atoms. The summed E-state index contributed by atoms with van der Waals surface area (Å²) in [5.41, 5.74) is 2.83. The van der Waals surface area contributed by atoms with Crippen molar-refractivity contribution in [3.63, 3.8) is 0 Å². The summed E-state index contributed by atoms with van der Waals surface area (Å²) in [5, 5.41) is 34.9. The number of nitrogens with zero attached hydrogens (tertiary/aromatic N) is 4. The normalized spacial score (nSPS) is 24.0. The average Bonchev–Trinajstić information content (AvgIpc) is 1.45. The summed E-state index contributed by atoms with van der Waals surface area (Å²) in [4.78, 5) is 151. The van der Waals surface area contributed by atoms with Gasteiger partial charge in [-0.2, -0.15) is 0 Å². The zero-order valence-corrected chi connectivity index (χ0v) is 77.6. The largest absolute Gasteiger partial charge is 0.447 e. The molecule has 1 aromatic heterocycles. The van der Waals surface area contributed by atoms with E-state index in [1.165, 1.54) is 19.1 Å². The topological polar surface area (TPSA) is 430 Å². The molecule has 35 heteroatoms. The Morgan fingerprint density at radius 2 is 1.34 bits per heavy atom. The quantitative estimate of drug-likeness (QED) is 0.0204. The lowest BCUT2D eigenvalue weighted by Crippen LogP contribution is -2.71. The number of nitrogens with one attached hydrogen (secondary N) is 5. The predicted octanol–water partition coefficient (Wildman–Crippen LogP) is 9.09. The lowest BCUT2D eigenvalue weighted by molar-refractivity contribution is -0.234. The van der Waals surface area contributed by atoms with Crippen LogP contribution in [0.3, 0.4) is 0 Å². The third-order valence-corrected chi connectivity index (χ3v) is 26.4. The highest BCUT2D eigenvalue weighted by molar-refractivity contribution is 6.02. The van der Waals surface area contributed by atoms with E-state index in [-0.39, 0.29) is 166 Å². The van der Waals surface area contributed by atoms with Crippen LogP contribution in [0.1, 0.15) is 217 Å². The van der Waals surface area contributed by atoms with Gasteiger partial charge in [-0.3, -0.25) is 43.2 Å². The Kier molecular flexibility index (Phi) is 41.8. The first-order valence-corrected chi connectivity index (χ1v) is 47.4. The number of alkyl halides is 2. The Morgan fingerprint density at radius 3 is 2.05 bits per heavy atom. The summed E-state index contributed by atoms with van der Waals surface area (Å²) in [6, 6.07) is 13.2. The number of primary amides is 1. The number of urea groups is 1. The van der Waals surface area contributed by atoms with E-state index in [0.717, 1.165) is 66.3 Å². The van der Waals surface area contributed by atoms with Gasteiger partial charge in [0.05, 0.1) is 135 Å². The number of nitrogens with two attached hydrogens (primary N) is 1. The number of rotatable bonds is 59. The van der Waals surface area contributed by atoms with E-state index < -0.39 is 143 Å². The second kappa shape index (κ2) is 52.6. The highest BCUT2D eigenvalue weighted by Crippen LogP contribution is 2.72. The lowest BCUT2D eigenvalue weighted by Gasteiger charge is -2.63. The summed E-state index contributed by atoms with van der Waals surface area (Å²) >= 11 is 0. The number of carbonyl (C=O) groups is 11. The van der Waals surface area contributed by atoms with Gasteiger partial charge in [0.25, 0.3) is 0 Å². The molecule has 5 aliphatic carbocycles. The fraction of sp³-hybridized carbons (Fsp3) is 0.680. The summed E-state index contributed by atoms with van der Waals surface area (Å²) in [6.07, 6.45) is 3.80. The minimum atomic E-state index is -2.46. The van der Waals surface area contributed by atoms with Gasteiger partial charge in [0.15, 0.2) is 34.9 Å². The van der Waals surface area contributed by atoms with Gasteiger partial charge in [-0.15, -0.1) is 5.10 Å². The Hall–Kier alpha value is -9.19. The number of para-hydroxylation sites is 1. The number of amides is 7. The molecule has 8 N–H and O–H groups in total. The SMILES string of the molecule is CCCNC(=O)OCCOCCOCCOCCn1nnc2c1CCCCCC2OCC(=O)NCCCC[C@@H](CC(=O)CCOCCOCCOCCOCCCC(=O)CCC(=O)N1Cc2ccccc2C#Cc2ccccc21)C(=O)N[C@H](C(=O)C[C@@H](CCCNC(N)=O)C(=O)NCC(=O)[C@@]12OC(CCC)O[C@@H]1C[C@H]1[C@@H]3C[C@H](F)C4=CC(=O)C=C[C@]4(C)[C@@]3(F)[C@@H](O)C[C@@]12C)C(C)C. The number of Topliss-reactive ketones (excluding diaryl/α,β-unsaturated/α-hetero) is 4. The van der Waals surface area contributed by atoms with Crippen molar-refractivity contribution in [2.75, 3.05) is 137 Å². The van der Waals surface area contributed by atoms with Crippen LogP contribution < -0.4 is 37.2 Å². The number of hydrogen-bond donors (Lipinski definition) is 7. The van der Waals surface area contributed by atoms with Gasteiger partial charge in [-0.1, -0.05) is 114 Å². The van der Waals surface area contributed by atoms with Crippen LogP contribution in [0.5, 0.6) is 0 Å². The molecule has 132 heavy (non-hydrogen) atoms. The molecule has 2 aliphatic heterocycles. The van der Waals surface area contributed by atoms with Crippen LogP contribution in [0, 0.1) is 52.3 Å². The smallest absolute Gasteiger partial charge is 0.407 e. The molecule has 0 spiro atoms. The Morgan fingerprint density at radius 1 is 0.682 bits per heavy atom. The van der Waals surface area contributed by atoms with Crippen LogP contribution in [0.4, 0.5) is 24.1 Å². The molecule has 7 amide bonds. The van der Waals surface area contributed by atoms with E-state index in [9.17, 15) is 53.1 Å². The Labute approximate surface area is 772 Å². The monoisotopic (exact) mass is 1850 g/mol. The van der Waals surface area contributed by atoms with Crippen molar-refractivity contribution < 1.29 is 119 Å². The number of carbonyl (C=O) groups excluding carboxylic acids is 11.